The Labute approximate surface area is 119 Å². The van der Waals surface area contributed by atoms with Crippen molar-refractivity contribution in [1.29, 1.82) is 0 Å². The zero-order chi connectivity index (χ0) is 14.7. The van der Waals surface area contributed by atoms with Gasteiger partial charge in [-0.1, -0.05) is 13.8 Å². The number of carboxylic acid groups (broad SMARTS) is 1. The number of piperidine rings is 1. The van der Waals surface area contributed by atoms with Gasteiger partial charge in [-0.3, -0.25) is 0 Å². The van der Waals surface area contributed by atoms with E-state index in [0.717, 1.165) is 25.9 Å². The Kier molecular flexibility index (Phi) is 4.86. The molecule has 2 aliphatic heterocycles. The minimum absolute atomic E-state index is 0.0356. The highest BCUT2D eigenvalue weighted by atomic mass is 16.5. The van der Waals surface area contributed by atoms with E-state index in [4.69, 9.17) is 9.84 Å². The van der Waals surface area contributed by atoms with Crippen molar-refractivity contribution in [2.24, 2.45) is 11.8 Å². The summed E-state index contributed by atoms with van der Waals surface area (Å²) in [5, 5.41) is 8.58. The van der Waals surface area contributed by atoms with Gasteiger partial charge in [0, 0.05) is 26.2 Å². The fraction of sp³-hybridized carbons (Fsp3) is 0.857. The summed E-state index contributed by atoms with van der Waals surface area (Å²) >= 11 is 0. The number of carbonyl (C=O) groups is 2. The van der Waals surface area contributed by atoms with E-state index in [9.17, 15) is 9.59 Å². The number of aliphatic carboxylic acids is 1. The Morgan fingerprint density at radius 1 is 1.10 bits per heavy atom. The van der Waals surface area contributed by atoms with Gasteiger partial charge in [-0.05, 0) is 24.7 Å². The Morgan fingerprint density at radius 3 is 2.15 bits per heavy atom. The van der Waals surface area contributed by atoms with Crippen molar-refractivity contribution in [2.75, 3.05) is 32.8 Å². The number of carbonyl (C=O) groups excluding carboxylic acids is 1. The van der Waals surface area contributed by atoms with Crippen molar-refractivity contribution in [3.05, 3.63) is 0 Å². The molecule has 0 radical (unpaired) electrons. The fourth-order valence-electron chi connectivity index (χ4n) is 2.89. The van der Waals surface area contributed by atoms with Crippen LogP contribution in [0.1, 0.15) is 26.7 Å². The molecule has 0 aromatic rings. The smallest absolute Gasteiger partial charge is 0.329 e. The molecule has 0 saturated carbocycles. The average molecular weight is 284 g/mol. The third kappa shape index (κ3) is 3.62. The number of urea groups is 1. The number of hydrogen-bond donors (Lipinski definition) is 1. The van der Waals surface area contributed by atoms with Crippen LogP contribution < -0.4 is 0 Å². The lowest BCUT2D eigenvalue weighted by Crippen LogP contribution is -2.47. The monoisotopic (exact) mass is 284 g/mol. The van der Waals surface area contributed by atoms with Crippen molar-refractivity contribution < 1.29 is 19.4 Å². The zero-order valence-corrected chi connectivity index (χ0v) is 12.2. The number of amides is 2. The lowest BCUT2D eigenvalue weighted by atomic mass is 10.0. The van der Waals surface area contributed by atoms with Gasteiger partial charge in [0.1, 0.15) is 6.61 Å². The normalized spacial score (nSPS) is 27.9. The fourth-order valence-corrected chi connectivity index (χ4v) is 2.89. The highest BCUT2D eigenvalue weighted by Crippen LogP contribution is 2.24. The molecule has 0 aliphatic carbocycles. The van der Waals surface area contributed by atoms with Crippen molar-refractivity contribution in [2.45, 2.75) is 32.8 Å². The maximum absolute atomic E-state index is 12.4. The molecule has 114 valence electrons. The van der Waals surface area contributed by atoms with Crippen LogP contribution >= 0.6 is 0 Å². The van der Waals surface area contributed by atoms with Gasteiger partial charge in [-0.2, -0.15) is 0 Å². The number of hydrogen-bond acceptors (Lipinski definition) is 3. The molecule has 2 amide bonds. The molecule has 2 atom stereocenters. The van der Waals surface area contributed by atoms with Crippen LogP contribution in [0, 0.1) is 11.8 Å². The van der Waals surface area contributed by atoms with Gasteiger partial charge in [0.25, 0.3) is 0 Å². The molecule has 0 spiro atoms. The zero-order valence-electron chi connectivity index (χ0n) is 12.2. The number of ether oxygens (including phenoxy) is 1. The van der Waals surface area contributed by atoms with E-state index in [-0.39, 0.29) is 18.7 Å². The van der Waals surface area contributed by atoms with E-state index in [1.54, 1.807) is 0 Å². The van der Waals surface area contributed by atoms with Crippen molar-refractivity contribution in [3.63, 3.8) is 0 Å². The van der Waals surface area contributed by atoms with Crippen molar-refractivity contribution >= 4 is 12.0 Å². The number of rotatable bonds is 3. The lowest BCUT2D eigenvalue weighted by Gasteiger charge is -2.34. The summed E-state index contributed by atoms with van der Waals surface area (Å²) < 4.78 is 5.28. The lowest BCUT2D eigenvalue weighted by molar-refractivity contribution is -0.145. The third-order valence-corrected chi connectivity index (χ3v) is 4.41. The van der Waals surface area contributed by atoms with Crippen LogP contribution in [0.2, 0.25) is 0 Å². The minimum Gasteiger partial charge on any atom is -0.480 e. The predicted octanol–water partition coefficient (Wildman–Crippen LogP) is 1.26. The van der Waals surface area contributed by atoms with Crippen LogP contribution in [0.25, 0.3) is 0 Å². The first-order valence-electron chi connectivity index (χ1n) is 7.34. The first-order chi connectivity index (χ1) is 9.47. The Balaban J connectivity index is 1.76. The van der Waals surface area contributed by atoms with Gasteiger partial charge in [-0.15, -0.1) is 0 Å². The molecule has 0 aromatic heterocycles. The van der Waals surface area contributed by atoms with Crippen LogP contribution in [0.4, 0.5) is 4.79 Å². The van der Waals surface area contributed by atoms with Crippen LogP contribution in [0.5, 0.6) is 0 Å². The molecule has 2 rings (SSSR count). The Bertz CT molecular complexity index is 356. The summed E-state index contributed by atoms with van der Waals surface area (Å²) in [6.07, 6.45) is 1.40. The second kappa shape index (κ2) is 6.43. The van der Waals surface area contributed by atoms with Gasteiger partial charge < -0.3 is 19.6 Å². The van der Waals surface area contributed by atoms with Crippen LogP contribution in [-0.4, -0.2) is 65.8 Å². The van der Waals surface area contributed by atoms with E-state index < -0.39 is 5.97 Å². The van der Waals surface area contributed by atoms with Crippen molar-refractivity contribution in [1.82, 2.24) is 9.80 Å². The van der Waals surface area contributed by atoms with Gasteiger partial charge >= 0.3 is 12.0 Å². The van der Waals surface area contributed by atoms with Gasteiger partial charge in [0.05, 0.1) is 6.10 Å². The first-order valence-corrected chi connectivity index (χ1v) is 7.34. The SMILES string of the molecule is CC1CN(C(=O)N2CCC(OCC(=O)O)CC2)CC1C. The summed E-state index contributed by atoms with van der Waals surface area (Å²) in [6, 6.07) is 0.123. The molecule has 2 heterocycles. The summed E-state index contributed by atoms with van der Waals surface area (Å²) in [5.41, 5.74) is 0. The van der Waals surface area contributed by atoms with E-state index in [1.807, 2.05) is 9.80 Å². The van der Waals surface area contributed by atoms with Crippen LogP contribution in [0.15, 0.2) is 0 Å². The predicted molar refractivity (Wildman–Crippen MR) is 73.5 cm³/mol. The van der Waals surface area contributed by atoms with E-state index >= 15 is 0 Å². The maximum Gasteiger partial charge on any atom is 0.329 e. The summed E-state index contributed by atoms with van der Waals surface area (Å²) in [5.74, 6) is 0.189. The molecular weight excluding hydrogens is 260 g/mol. The molecule has 2 unspecified atom stereocenters. The quantitative estimate of drug-likeness (QED) is 0.847. The highest BCUT2D eigenvalue weighted by Gasteiger charge is 2.33. The molecule has 0 aromatic carbocycles. The topological polar surface area (TPSA) is 70.1 Å². The molecular formula is C14H24N2O4. The maximum atomic E-state index is 12.4. The molecule has 6 nitrogen and oxygen atoms in total. The minimum atomic E-state index is -0.941. The molecule has 2 fully saturated rings. The largest absolute Gasteiger partial charge is 0.480 e. The van der Waals surface area contributed by atoms with Gasteiger partial charge in [-0.25, -0.2) is 9.59 Å². The molecule has 2 saturated heterocycles. The second-order valence-corrected chi connectivity index (χ2v) is 6.03. The number of likely N-dealkylation sites (tertiary alicyclic amines) is 2. The number of nitrogens with zero attached hydrogens (tertiary/aromatic N) is 2. The summed E-state index contributed by atoms with van der Waals surface area (Å²) in [6.45, 7) is 7.11. The molecule has 1 N–H and O–H groups in total. The van der Waals surface area contributed by atoms with Gasteiger partial charge in [0.15, 0.2) is 0 Å². The van der Waals surface area contributed by atoms with Crippen molar-refractivity contribution in [3.8, 4) is 0 Å². The average Bonchev–Trinajstić information content (AvgIpc) is 2.76. The highest BCUT2D eigenvalue weighted by molar-refractivity contribution is 5.75. The number of carboxylic acids is 1. The van der Waals surface area contributed by atoms with E-state index in [0.29, 0.717) is 24.9 Å². The molecule has 20 heavy (non-hydrogen) atoms. The molecule has 0 bridgehead atoms. The van der Waals surface area contributed by atoms with Gasteiger partial charge in [0.2, 0.25) is 0 Å². The third-order valence-electron chi connectivity index (χ3n) is 4.41. The van der Waals surface area contributed by atoms with Crippen LogP contribution in [0.3, 0.4) is 0 Å². The molecule has 2 aliphatic rings. The second-order valence-electron chi connectivity index (χ2n) is 6.03. The Hall–Kier alpha value is -1.30. The Morgan fingerprint density at radius 2 is 1.65 bits per heavy atom. The van der Waals surface area contributed by atoms with E-state index in [2.05, 4.69) is 13.8 Å². The summed E-state index contributed by atoms with van der Waals surface area (Å²) in [4.78, 5) is 26.6. The van der Waals surface area contributed by atoms with E-state index in [1.165, 1.54) is 0 Å². The van der Waals surface area contributed by atoms with Crippen LogP contribution in [-0.2, 0) is 9.53 Å². The standard InChI is InChI=1S/C14H24N2O4/c1-10-7-16(8-11(10)2)14(19)15-5-3-12(4-6-15)20-9-13(17)18/h10-12H,3-9H2,1-2H3,(H,17,18). The molecule has 6 heteroatoms. The summed E-state index contributed by atoms with van der Waals surface area (Å²) in [7, 11) is 0. The first kappa shape index (κ1) is 15.1.